The zero-order valence-electron chi connectivity index (χ0n) is 11.2. The van der Waals surface area contributed by atoms with Crippen molar-refractivity contribution in [3.05, 3.63) is 70.2 Å². The van der Waals surface area contributed by atoms with Gasteiger partial charge in [0.15, 0.2) is 0 Å². The van der Waals surface area contributed by atoms with Gasteiger partial charge >= 0.3 is 0 Å². The average molecular weight is 296 g/mol. The van der Waals surface area contributed by atoms with Gasteiger partial charge in [-0.1, -0.05) is 29.8 Å². The minimum Gasteiger partial charge on any atom is -0.316 e. The Bertz CT molecular complexity index is 586. The highest BCUT2D eigenvalue weighted by Crippen LogP contribution is 2.17. The van der Waals surface area contributed by atoms with Crippen LogP contribution in [0, 0.1) is 11.6 Å². The molecule has 2 rings (SSSR count). The Labute approximate surface area is 122 Å². The van der Waals surface area contributed by atoms with Gasteiger partial charge in [0.25, 0.3) is 0 Å². The van der Waals surface area contributed by atoms with Gasteiger partial charge in [0, 0.05) is 11.1 Å². The molecule has 0 heterocycles. The van der Waals surface area contributed by atoms with E-state index in [1.54, 1.807) is 18.2 Å². The Hall–Kier alpha value is -1.45. The lowest BCUT2D eigenvalue weighted by atomic mass is 9.99. The fourth-order valence-corrected chi connectivity index (χ4v) is 2.34. The van der Waals surface area contributed by atoms with Crippen molar-refractivity contribution in [3.63, 3.8) is 0 Å². The van der Waals surface area contributed by atoms with Gasteiger partial charge in [-0.15, -0.1) is 0 Å². The highest BCUT2D eigenvalue weighted by atomic mass is 35.5. The molecule has 1 nitrogen and oxygen atoms in total. The molecule has 106 valence electrons. The van der Waals surface area contributed by atoms with Gasteiger partial charge in [0.05, 0.1) is 0 Å². The molecule has 0 aromatic heterocycles. The molecule has 0 radical (unpaired) electrons. The van der Waals surface area contributed by atoms with Crippen molar-refractivity contribution in [2.45, 2.75) is 18.9 Å². The van der Waals surface area contributed by atoms with E-state index in [1.165, 1.54) is 18.2 Å². The maximum absolute atomic E-state index is 13.8. The van der Waals surface area contributed by atoms with E-state index in [0.717, 1.165) is 5.56 Å². The summed E-state index contributed by atoms with van der Waals surface area (Å²) in [7, 11) is 1.82. The Morgan fingerprint density at radius 3 is 2.55 bits per heavy atom. The van der Waals surface area contributed by atoms with E-state index in [2.05, 4.69) is 5.32 Å². The molecule has 1 N–H and O–H groups in total. The first-order valence-corrected chi connectivity index (χ1v) is 6.82. The molecule has 0 saturated carbocycles. The zero-order valence-corrected chi connectivity index (χ0v) is 11.9. The molecule has 20 heavy (non-hydrogen) atoms. The van der Waals surface area contributed by atoms with Gasteiger partial charge in [0.2, 0.25) is 0 Å². The summed E-state index contributed by atoms with van der Waals surface area (Å²) in [5.41, 5.74) is 1.49. The molecule has 0 spiro atoms. The lowest BCUT2D eigenvalue weighted by molar-refractivity contribution is 0.530. The summed E-state index contributed by atoms with van der Waals surface area (Å²) in [5.74, 6) is -0.563. The lowest BCUT2D eigenvalue weighted by Gasteiger charge is -2.17. The number of rotatable bonds is 5. The second-order valence-electron chi connectivity index (χ2n) is 4.76. The van der Waals surface area contributed by atoms with Gasteiger partial charge in [0.1, 0.15) is 11.6 Å². The number of hydrogen-bond donors (Lipinski definition) is 1. The van der Waals surface area contributed by atoms with E-state index in [4.69, 9.17) is 11.6 Å². The molecule has 0 aliphatic carbocycles. The van der Waals surface area contributed by atoms with E-state index >= 15 is 0 Å². The molecule has 0 aliphatic heterocycles. The summed E-state index contributed by atoms with van der Waals surface area (Å²) in [5, 5.41) is 3.52. The fourth-order valence-electron chi connectivity index (χ4n) is 2.18. The summed E-state index contributed by atoms with van der Waals surface area (Å²) < 4.78 is 26.9. The second-order valence-corrected chi connectivity index (χ2v) is 5.20. The molecular weight excluding hydrogens is 280 g/mol. The molecule has 4 heteroatoms. The molecule has 1 unspecified atom stereocenters. The van der Waals surface area contributed by atoms with E-state index in [-0.39, 0.29) is 17.7 Å². The smallest absolute Gasteiger partial charge is 0.127 e. The lowest BCUT2D eigenvalue weighted by Crippen LogP contribution is -2.30. The van der Waals surface area contributed by atoms with E-state index in [9.17, 15) is 8.78 Å². The number of nitrogens with one attached hydrogen (secondary N) is 1. The summed E-state index contributed by atoms with van der Waals surface area (Å²) in [6, 6.07) is 11.2. The topological polar surface area (TPSA) is 12.0 Å². The molecule has 2 aromatic rings. The minimum atomic E-state index is -0.308. The van der Waals surface area contributed by atoms with Crippen molar-refractivity contribution in [1.29, 1.82) is 0 Å². The van der Waals surface area contributed by atoms with Gasteiger partial charge in [-0.05, 0) is 55.3 Å². The van der Waals surface area contributed by atoms with Crippen LogP contribution in [0.3, 0.4) is 0 Å². The van der Waals surface area contributed by atoms with Crippen LogP contribution < -0.4 is 5.32 Å². The predicted molar refractivity (Wildman–Crippen MR) is 78.1 cm³/mol. The molecule has 1 atom stereocenters. The van der Waals surface area contributed by atoms with Crippen LogP contribution in [0.15, 0.2) is 42.5 Å². The zero-order chi connectivity index (χ0) is 14.5. The quantitative estimate of drug-likeness (QED) is 0.879. The van der Waals surface area contributed by atoms with E-state index in [0.29, 0.717) is 23.4 Å². The Morgan fingerprint density at radius 1 is 1.10 bits per heavy atom. The van der Waals surface area contributed by atoms with Crippen LogP contribution >= 0.6 is 11.6 Å². The van der Waals surface area contributed by atoms with Crippen LogP contribution in [0.2, 0.25) is 5.02 Å². The van der Waals surface area contributed by atoms with Crippen LogP contribution in [0.5, 0.6) is 0 Å². The number of hydrogen-bond acceptors (Lipinski definition) is 1. The largest absolute Gasteiger partial charge is 0.316 e. The first kappa shape index (κ1) is 14.9. The highest BCUT2D eigenvalue weighted by Gasteiger charge is 2.12. The van der Waals surface area contributed by atoms with Gasteiger partial charge < -0.3 is 5.32 Å². The summed E-state index contributed by atoms with van der Waals surface area (Å²) in [4.78, 5) is 0. The number of halogens is 3. The van der Waals surface area contributed by atoms with Crippen LogP contribution in [0.25, 0.3) is 0 Å². The summed E-state index contributed by atoms with van der Waals surface area (Å²) >= 11 is 5.74. The first-order chi connectivity index (χ1) is 9.58. The second kappa shape index (κ2) is 6.82. The van der Waals surface area contributed by atoms with Crippen molar-refractivity contribution in [1.82, 2.24) is 5.32 Å². The highest BCUT2D eigenvalue weighted by molar-refractivity contribution is 6.30. The molecule has 0 amide bonds. The molecule has 0 aliphatic rings. The van der Waals surface area contributed by atoms with Crippen molar-refractivity contribution in [2.24, 2.45) is 0 Å². The normalized spacial score (nSPS) is 12.4. The van der Waals surface area contributed by atoms with Gasteiger partial charge in [-0.2, -0.15) is 0 Å². The first-order valence-electron chi connectivity index (χ1n) is 6.44. The fraction of sp³-hybridized carbons (Fsp3) is 0.250. The van der Waals surface area contributed by atoms with E-state index < -0.39 is 0 Å². The SMILES string of the molecule is CNC(Cc1cccc(F)c1)Cc1ccc(Cl)cc1F. The van der Waals surface area contributed by atoms with Crippen LogP contribution in [0.1, 0.15) is 11.1 Å². The molecular formula is C16H16ClF2N. The van der Waals surface area contributed by atoms with Gasteiger partial charge in [-0.3, -0.25) is 0 Å². The predicted octanol–water partition coefficient (Wildman–Crippen LogP) is 3.99. The number of benzene rings is 2. The van der Waals surface area contributed by atoms with Crippen molar-refractivity contribution in [2.75, 3.05) is 7.05 Å². The van der Waals surface area contributed by atoms with Crippen LogP contribution in [-0.4, -0.2) is 13.1 Å². The maximum atomic E-state index is 13.8. The van der Waals surface area contributed by atoms with E-state index in [1.807, 2.05) is 13.1 Å². The molecule has 0 fully saturated rings. The standard InChI is InChI=1S/C16H16ClF2N/c1-20-15(8-11-3-2-4-14(18)7-11)9-12-5-6-13(17)10-16(12)19/h2-7,10,15,20H,8-9H2,1H3. The monoisotopic (exact) mass is 295 g/mol. The Morgan fingerprint density at radius 2 is 1.90 bits per heavy atom. The third-order valence-corrected chi connectivity index (χ3v) is 3.50. The van der Waals surface area contributed by atoms with Crippen LogP contribution in [-0.2, 0) is 12.8 Å². The third kappa shape index (κ3) is 4.02. The summed E-state index contributed by atoms with van der Waals surface area (Å²) in [6.45, 7) is 0. The van der Waals surface area contributed by atoms with Crippen molar-refractivity contribution in [3.8, 4) is 0 Å². The minimum absolute atomic E-state index is 0.0347. The van der Waals surface area contributed by atoms with Crippen molar-refractivity contribution < 1.29 is 8.78 Å². The molecule has 0 bridgehead atoms. The average Bonchev–Trinajstić information content (AvgIpc) is 2.41. The summed E-state index contributed by atoms with van der Waals surface area (Å²) in [6.07, 6.45) is 1.16. The Kier molecular flexibility index (Phi) is 5.10. The van der Waals surface area contributed by atoms with Crippen LogP contribution in [0.4, 0.5) is 8.78 Å². The molecule has 2 aromatic carbocycles. The Balaban J connectivity index is 2.09. The third-order valence-electron chi connectivity index (χ3n) is 3.26. The van der Waals surface area contributed by atoms with Crippen molar-refractivity contribution >= 4 is 11.6 Å². The molecule has 0 saturated heterocycles. The van der Waals surface area contributed by atoms with Gasteiger partial charge in [-0.25, -0.2) is 8.78 Å². The number of likely N-dealkylation sites (N-methyl/N-ethyl adjacent to an activating group) is 1. The maximum Gasteiger partial charge on any atom is 0.127 e.